The summed E-state index contributed by atoms with van der Waals surface area (Å²) in [5.74, 6) is 0. The fourth-order valence-electron chi connectivity index (χ4n) is 6.94. The zero-order valence-electron chi connectivity index (χ0n) is 32.2. The second-order valence-electron chi connectivity index (χ2n) is 11.4. The van der Waals surface area contributed by atoms with Crippen LogP contribution in [-0.2, 0) is 0 Å². The van der Waals surface area contributed by atoms with Gasteiger partial charge in [0.05, 0.1) is 22.6 Å². The van der Waals surface area contributed by atoms with Crippen LogP contribution in [0, 0.1) is 0 Å². The Morgan fingerprint density at radius 3 is 1.91 bits per heavy atom. The molecule has 10 aromatic rings. The molecule has 2 aromatic heterocycles. The van der Waals surface area contributed by atoms with Crippen molar-refractivity contribution in [1.29, 1.82) is 0 Å². The highest BCUT2D eigenvalue weighted by Gasteiger charge is 2.22. The molecule has 0 atom stereocenters. The minimum absolute atomic E-state index is 0.132. The SMILES string of the molecule is [2H]c1c([2H])c([2H])c2c(-c3cccc4c3oc3ccc5c(-c6ccc7ccccc7c6)coc5c34)c3c([2H])c([2H])c([2H])c([2H])c3c(-c3ccccc3)c2c1[2H]. The van der Waals surface area contributed by atoms with Crippen LogP contribution in [-0.4, -0.2) is 0 Å². The molecule has 0 amide bonds. The average Bonchev–Trinajstić information content (AvgIpc) is 3.81. The first kappa shape index (κ1) is 18.6. The van der Waals surface area contributed by atoms with Gasteiger partial charge < -0.3 is 8.83 Å². The molecule has 0 aliphatic carbocycles. The first-order valence-electron chi connectivity index (χ1n) is 19.0. The molecule has 0 saturated carbocycles. The Labute approximate surface area is 276 Å². The van der Waals surface area contributed by atoms with Crippen LogP contribution < -0.4 is 0 Å². The predicted octanol–water partition coefficient (Wildman–Crippen LogP) is 12.8. The van der Waals surface area contributed by atoms with E-state index in [1.54, 1.807) is 36.6 Å². The van der Waals surface area contributed by atoms with E-state index in [0.717, 1.165) is 32.7 Å². The fourth-order valence-corrected chi connectivity index (χ4v) is 6.94. The molecule has 0 fully saturated rings. The van der Waals surface area contributed by atoms with Crippen LogP contribution in [0.2, 0.25) is 0 Å². The Bertz CT molecular complexity index is 3170. The molecule has 0 N–H and O–H groups in total. The molecule has 2 heterocycles. The Kier molecular flexibility index (Phi) is 3.92. The van der Waals surface area contributed by atoms with Crippen molar-refractivity contribution in [2.45, 2.75) is 0 Å². The zero-order valence-corrected chi connectivity index (χ0v) is 24.2. The molecule has 46 heavy (non-hydrogen) atoms. The number of benzene rings is 8. The third kappa shape index (κ3) is 3.59. The van der Waals surface area contributed by atoms with Crippen molar-refractivity contribution in [3.05, 3.63) is 158 Å². The maximum atomic E-state index is 9.30. The molecule has 8 aromatic carbocycles. The van der Waals surface area contributed by atoms with Gasteiger partial charge in [-0.2, -0.15) is 0 Å². The van der Waals surface area contributed by atoms with E-state index in [4.69, 9.17) is 14.3 Å². The van der Waals surface area contributed by atoms with E-state index in [-0.39, 0.29) is 51.3 Å². The largest absolute Gasteiger partial charge is 0.463 e. The molecule has 10 rings (SSSR count). The lowest BCUT2D eigenvalue weighted by Crippen LogP contribution is -1.90. The zero-order chi connectivity index (χ0) is 37.2. The first-order valence-corrected chi connectivity index (χ1v) is 15.0. The van der Waals surface area contributed by atoms with E-state index in [2.05, 4.69) is 30.3 Å². The summed E-state index contributed by atoms with van der Waals surface area (Å²) in [4.78, 5) is 0. The molecule has 0 bridgehead atoms. The van der Waals surface area contributed by atoms with Gasteiger partial charge in [-0.1, -0.05) is 133 Å². The topological polar surface area (TPSA) is 26.3 Å². The monoisotopic (exact) mass is 594 g/mol. The van der Waals surface area contributed by atoms with E-state index in [1.807, 2.05) is 42.5 Å². The second-order valence-corrected chi connectivity index (χ2v) is 11.4. The van der Waals surface area contributed by atoms with Crippen molar-refractivity contribution >= 4 is 65.2 Å². The number of hydrogen-bond acceptors (Lipinski definition) is 2. The van der Waals surface area contributed by atoms with Gasteiger partial charge >= 0.3 is 0 Å². The summed E-state index contributed by atoms with van der Waals surface area (Å²) in [5.41, 5.74) is 4.96. The maximum absolute atomic E-state index is 9.30. The summed E-state index contributed by atoms with van der Waals surface area (Å²) in [6, 6.07) is 29.7. The molecule has 0 aliphatic rings. The van der Waals surface area contributed by atoms with Crippen LogP contribution in [0.25, 0.3) is 98.6 Å². The molecular formula is C44H26O2. The second kappa shape index (κ2) is 9.69. The van der Waals surface area contributed by atoms with E-state index in [9.17, 15) is 5.48 Å². The molecule has 0 aliphatic heterocycles. The van der Waals surface area contributed by atoms with Crippen molar-refractivity contribution < 1.29 is 19.8 Å². The lowest BCUT2D eigenvalue weighted by molar-refractivity contribution is 0.619. The van der Waals surface area contributed by atoms with Crippen LogP contribution in [0.15, 0.2) is 167 Å². The minimum Gasteiger partial charge on any atom is -0.463 e. The molecule has 0 saturated heterocycles. The van der Waals surface area contributed by atoms with Crippen molar-refractivity contribution in [3.8, 4) is 33.4 Å². The van der Waals surface area contributed by atoms with Gasteiger partial charge in [-0.15, -0.1) is 0 Å². The minimum atomic E-state index is -0.455. The standard InChI is InChI=1S/C44H26O2/c1-2-12-28(13-3-1)40-31-15-6-8-17-33(31)41(34-18-9-7-16-32(34)40)36-19-10-20-37-42-39(46-43(36)37)24-23-35-38(26-45-44(35)42)30-22-21-27-11-4-5-14-29(27)25-30/h1-26H/i6D,7D,8D,9D,15D,16D,17D,18D. The third-order valence-electron chi connectivity index (χ3n) is 8.97. The summed E-state index contributed by atoms with van der Waals surface area (Å²) in [5, 5.41) is 5.10. The van der Waals surface area contributed by atoms with Gasteiger partial charge in [-0.25, -0.2) is 0 Å². The number of hydrogen-bond donors (Lipinski definition) is 0. The Morgan fingerprint density at radius 2 is 1.15 bits per heavy atom. The first-order chi connectivity index (χ1) is 26.2. The molecule has 2 heteroatoms. The number of para-hydroxylation sites is 1. The van der Waals surface area contributed by atoms with Gasteiger partial charge in [0, 0.05) is 27.5 Å². The highest BCUT2D eigenvalue weighted by atomic mass is 16.3. The van der Waals surface area contributed by atoms with Crippen molar-refractivity contribution in [3.63, 3.8) is 0 Å². The fraction of sp³-hybridized carbons (Fsp3) is 0. The lowest BCUT2D eigenvalue weighted by Gasteiger charge is -2.17. The normalized spacial score (nSPS) is 14.3. The van der Waals surface area contributed by atoms with Crippen LogP contribution in [0.4, 0.5) is 0 Å². The van der Waals surface area contributed by atoms with Gasteiger partial charge in [-0.05, 0) is 67.2 Å². The van der Waals surface area contributed by atoms with Gasteiger partial charge in [0.25, 0.3) is 0 Å². The predicted molar refractivity (Wildman–Crippen MR) is 192 cm³/mol. The molecule has 0 radical (unpaired) electrons. The summed E-state index contributed by atoms with van der Waals surface area (Å²) < 4.78 is 84.9. The van der Waals surface area contributed by atoms with E-state index < -0.39 is 24.2 Å². The summed E-state index contributed by atoms with van der Waals surface area (Å²) in [7, 11) is 0. The summed E-state index contributed by atoms with van der Waals surface area (Å²) in [6.07, 6.45) is 1.74. The number of rotatable bonds is 3. The van der Waals surface area contributed by atoms with Crippen molar-refractivity contribution in [1.82, 2.24) is 0 Å². The van der Waals surface area contributed by atoms with Gasteiger partial charge in [0.2, 0.25) is 0 Å². The van der Waals surface area contributed by atoms with Crippen LogP contribution in [0.3, 0.4) is 0 Å². The van der Waals surface area contributed by atoms with Gasteiger partial charge in [0.1, 0.15) is 16.7 Å². The number of furan rings is 2. The molecular weight excluding hydrogens is 560 g/mol. The van der Waals surface area contributed by atoms with Crippen molar-refractivity contribution in [2.75, 3.05) is 0 Å². The molecule has 0 spiro atoms. The van der Waals surface area contributed by atoms with Crippen LogP contribution in [0.1, 0.15) is 11.0 Å². The highest BCUT2D eigenvalue weighted by molar-refractivity contribution is 6.26. The molecule has 0 unspecified atom stereocenters. The Morgan fingerprint density at radius 1 is 0.457 bits per heavy atom. The smallest absolute Gasteiger partial charge is 0.146 e. The van der Waals surface area contributed by atoms with E-state index >= 15 is 0 Å². The highest BCUT2D eigenvalue weighted by Crippen LogP contribution is 2.47. The maximum Gasteiger partial charge on any atom is 0.146 e. The van der Waals surface area contributed by atoms with Gasteiger partial charge in [-0.3, -0.25) is 0 Å². The lowest BCUT2D eigenvalue weighted by atomic mass is 9.85. The quantitative estimate of drug-likeness (QED) is 0.190. The van der Waals surface area contributed by atoms with Crippen LogP contribution >= 0.6 is 0 Å². The Hall–Kier alpha value is -6.12. The van der Waals surface area contributed by atoms with Gasteiger partial charge in [0.15, 0.2) is 0 Å². The van der Waals surface area contributed by atoms with Crippen molar-refractivity contribution in [2.24, 2.45) is 0 Å². The average molecular weight is 595 g/mol. The molecule has 214 valence electrons. The Balaban J connectivity index is 1.36. The summed E-state index contributed by atoms with van der Waals surface area (Å²) in [6.45, 7) is 0. The number of fused-ring (bicyclic) bond motifs is 8. The summed E-state index contributed by atoms with van der Waals surface area (Å²) >= 11 is 0. The molecule has 2 nitrogen and oxygen atoms in total. The van der Waals surface area contributed by atoms with E-state index in [0.29, 0.717) is 38.8 Å². The van der Waals surface area contributed by atoms with Crippen LogP contribution in [0.5, 0.6) is 0 Å². The van der Waals surface area contributed by atoms with E-state index in [1.165, 1.54) is 0 Å². The third-order valence-corrected chi connectivity index (χ3v) is 8.97.